The average Bonchev–Trinajstić information content (AvgIpc) is 3.80. The number of nitrogens with one attached hydrogen (secondary N) is 2. The Morgan fingerprint density at radius 1 is 0.520 bits per heavy atom. The maximum absolute atomic E-state index is 5.96. The molecule has 2 aromatic heterocycles. The van der Waals surface area contributed by atoms with Gasteiger partial charge in [-0.15, -0.1) is 10.2 Å². The molecule has 6 N–H and O–H groups in total. The molecule has 0 saturated carbocycles. The van der Waals surface area contributed by atoms with Gasteiger partial charge in [-0.25, -0.2) is 10.2 Å². The third-order valence-electron chi connectivity index (χ3n) is 7.61. The summed E-state index contributed by atoms with van der Waals surface area (Å²) in [5.74, 6) is 5.09. The summed E-state index contributed by atoms with van der Waals surface area (Å²) in [7, 11) is 3.59. The van der Waals surface area contributed by atoms with E-state index in [1.807, 2.05) is 60.7 Å². The number of aromatic nitrogens is 6. The number of hydrogen-bond acceptors (Lipinski definition) is 12. The van der Waals surface area contributed by atoms with Crippen molar-refractivity contribution in [3.63, 3.8) is 0 Å². The summed E-state index contributed by atoms with van der Waals surface area (Å²) < 4.78 is 11.9. The molecule has 0 atom stereocenters. The molecule has 6 aromatic rings. The van der Waals surface area contributed by atoms with Crippen LogP contribution in [0, 0.1) is 0 Å². The van der Waals surface area contributed by atoms with Crippen LogP contribution in [0.3, 0.4) is 0 Å². The van der Waals surface area contributed by atoms with Crippen molar-refractivity contribution in [2.45, 2.75) is 26.3 Å². The van der Waals surface area contributed by atoms with Gasteiger partial charge in [0.25, 0.3) is 0 Å². The number of hydrogen-bond donors (Lipinski definition) is 4. The monoisotopic (exact) mass is 708 g/mol. The molecule has 6 rings (SSSR count). The van der Waals surface area contributed by atoms with Crippen LogP contribution in [0.4, 0.5) is 23.8 Å². The Balaban J connectivity index is 0.972. The lowest BCUT2D eigenvalue weighted by Crippen LogP contribution is -2.27. The van der Waals surface area contributed by atoms with E-state index in [0.717, 1.165) is 58.3 Å². The molecule has 0 saturated heterocycles. The molecule has 0 fully saturated rings. The van der Waals surface area contributed by atoms with E-state index in [-0.39, 0.29) is 0 Å². The van der Waals surface area contributed by atoms with Crippen molar-refractivity contribution in [3.05, 3.63) is 131 Å². The standard InChI is InChI=1S/C36H40N10O2S2/c37-33-39-35(43-41-33)45(23-27-11-15-31(16-12-27)47-25-29-7-3-1-4-8-29)19-21-49-50-22-20-46(36-40-34(38)42-44-36)24-28-13-17-32(18-14-28)48-26-30-9-5-2-6-10-30/h1-18H,19-26H2,(H3,37,39,41,43)(H3,38,40,42,44). The first-order valence-electron chi connectivity index (χ1n) is 16.2. The topological polar surface area (TPSA) is 160 Å². The third kappa shape index (κ3) is 10.6. The summed E-state index contributed by atoms with van der Waals surface area (Å²) in [6.07, 6.45) is 0. The molecule has 2 heterocycles. The lowest BCUT2D eigenvalue weighted by molar-refractivity contribution is 0.306. The van der Waals surface area contributed by atoms with Crippen LogP contribution in [0.2, 0.25) is 0 Å². The molecule has 50 heavy (non-hydrogen) atoms. The number of ether oxygens (including phenoxy) is 2. The van der Waals surface area contributed by atoms with Gasteiger partial charge >= 0.3 is 0 Å². The maximum atomic E-state index is 5.96. The summed E-state index contributed by atoms with van der Waals surface area (Å²) in [5.41, 5.74) is 16.2. The molecule has 258 valence electrons. The highest BCUT2D eigenvalue weighted by molar-refractivity contribution is 8.76. The number of aromatic amines is 2. The Bertz CT molecular complexity index is 1720. The van der Waals surface area contributed by atoms with Crippen LogP contribution in [-0.4, -0.2) is 55.0 Å². The molecular weight excluding hydrogens is 669 g/mol. The number of nitrogens with two attached hydrogens (primary N) is 2. The highest BCUT2D eigenvalue weighted by atomic mass is 33.1. The van der Waals surface area contributed by atoms with Crippen LogP contribution in [0.25, 0.3) is 0 Å². The summed E-state index contributed by atoms with van der Waals surface area (Å²) in [5, 5.41) is 14.2. The van der Waals surface area contributed by atoms with Crippen molar-refractivity contribution in [2.75, 3.05) is 45.9 Å². The van der Waals surface area contributed by atoms with Crippen LogP contribution in [0.5, 0.6) is 11.5 Å². The van der Waals surface area contributed by atoms with Gasteiger partial charge in [0.05, 0.1) is 0 Å². The fourth-order valence-electron chi connectivity index (χ4n) is 5.03. The lowest BCUT2D eigenvalue weighted by atomic mass is 10.2. The number of nitrogen functional groups attached to an aromatic ring is 2. The highest BCUT2D eigenvalue weighted by Gasteiger charge is 2.15. The minimum Gasteiger partial charge on any atom is -0.489 e. The largest absolute Gasteiger partial charge is 0.489 e. The molecule has 0 aliphatic rings. The minimum absolute atomic E-state index is 0.291. The normalized spacial score (nSPS) is 11.0. The van der Waals surface area contributed by atoms with Gasteiger partial charge in [0.15, 0.2) is 0 Å². The number of benzene rings is 4. The molecule has 0 amide bonds. The van der Waals surface area contributed by atoms with Gasteiger partial charge in [-0.05, 0) is 46.5 Å². The molecule has 0 spiro atoms. The molecule has 12 nitrogen and oxygen atoms in total. The Kier molecular flexibility index (Phi) is 12.3. The van der Waals surface area contributed by atoms with Crippen molar-refractivity contribution >= 4 is 45.4 Å². The average molecular weight is 709 g/mol. The predicted molar refractivity (Wildman–Crippen MR) is 203 cm³/mol. The number of nitrogens with zero attached hydrogens (tertiary/aromatic N) is 6. The van der Waals surface area contributed by atoms with E-state index >= 15 is 0 Å². The van der Waals surface area contributed by atoms with E-state index < -0.39 is 0 Å². The number of H-pyrrole nitrogens is 2. The highest BCUT2D eigenvalue weighted by Crippen LogP contribution is 2.25. The Hall–Kier alpha value is -5.34. The van der Waals surface area contributed by atoms with Gasteiger partial charge in [0.2, 0.25) is 23.8 Å². The van der Waals surface area contributed by atoms with Crippen LogP contribution >= 0.6 is 21.6 Å². The van der Waals surface area contributed by atoms with Gasteiger partial charge in [-0.1, -0.05) is 107 Å². The Morgan fingerprint density at radius 2 is 0.920 bits per heavy atom. The van der Waals surface area contributed by atoms with E-state index in [0.29, 0.717) is 50.1 Å². The maximum Gasteiger partial charge on any atom is 0.246 e. The van der Waals surface area contributed by atoms with E-state index in [4.69, 9.17) is 20.9 Å². The third-order valence-corrected chi connectivity index (χ3v) is 9.98. The van der Waals surface area contributed by atoms with E-state index in [9.17, 15) is 0 Å². The first kappa shape index (κ1) is 34.5. The summed E-state index contributed by atoms with van der Waals surface area (Å²) in [4.78, 5) is 13.0. The SMILES string of the molecule is Nc1nc(N(CCSSCCN(Cc2ccc(OCc3ccccc3)cc2)c2n[nH]c(N)n2)Cc2ccc(OCc3ccccc3)cc2)n[nH]1. The summed E-state index contributed by atoms with van der Waals surface area (Å²) >= 11 is 0. The smallest absolute Gasteiger partial charge is 0.246 e. The van der Waals surface area contributed by atoms with Crippen molar-refractivity contribution in [1.82, 2.24) is 30.4 Å². The molecule has 0 aliphatic carbocycles. The van der Waals surface area contributed by atoms with Crippen LogP contribution in [0.1, 0.15) is 22.3 Å². The van der Waals surface area contributed by atoms with Crippen molar-refractivity contribution in [2.24, 2.45) is 0 Å². The van der Waals surface area contributed by atoms with Gasteiger partial charge in [0.1, 0.15) is 24.7 Å². The summed E-state index contributed by atoms with van der Waals surface area (Å²) in [6, 6.07) is 36.5. The number of anilines is 4. The first-order valence-corrected chi connectivity index (χ1v) is 18.7. The first-order chi connectivity index (χ1) is 24.6. The van der Waals surface area contributed by atoms with E-state index in [1.165, 1.54) is 0 Å². The van der Waals surface area contributed by atoms with Gasteiger partial charge in [-0.2, -0.15) is 9.97 Å². The van der Waals surface area contributed by atoms with Crippen LogP contribution in [-0.2, 0) is 26.3 Å². The van der Waals surface area contributed by atoms with Crippen molar-refractivity contribution in [1.29, 1.82) is 0 Å². The summed E-state index contributed by atoms with van der Waals surface area (Å²) in [6.45, 7) is 3.80. The van der Waals surface area contributed by atoms with Crippen LogP contribution < -0.4 is 30.7 Å². The van der Waals surface area contributed by atoms with Crippen molar-refractivity contribution in [3.8, 4) is 11.5 Å². The second-order valence-electron chi connectivity index (χ2n) is 11.4. The zero-order valence-corrected chi connectivity index (χ0v) is 29.2. The molecular formula is C36H40N10O2S2. The number of rotatable bonds is 19. The molecule has 4 aromatic carbocycles. The zero-order valence-electron chi connectivity index (χ0n) is 27.5. The molecule has 14 heteroatoms. The Morgan fingerprint density at radius 3 is 1.28 bits per heavy atom. The fourth-order valence-corrected chi connectivity index (χ4v) is 7.01. The molecule has 0 aliphatic heterocycles. The minimum atomic E-state index is 0.291. The zero-order chi connectivity index (χ0) is 34.4. The van der Waals surface area contributed by atoms with Crippen molar-refractivity contribution < 1.29 is 9.47 Å². The van der Waals surface area contributed by atoms with Gasteiger partial charge in [0, 0.05) is 37.7 Å². The Labute approximate surface area is 299 Å². The molecule has 0 unspecified atom stereocenters. The van der Waals surface area contributed by atoms with E-state index in [1.54, 1.807) is 21.6 Å². The van der Waals surface area contributed by atoms with Gasteiger partial charge < -0.3 is 30.7 Å². The lowest BCUT2D eigenvalue weighted by Gasteiger charge is -2.22. The van der Waals surface area contributed by atoms with E-state index in [2.05, 4.69) is 88.7 Å². The second kappa shape index (κ2) is 17.9. The van der Waals surface area contributed by atoms with Crippen LogP contribution in [0.15, 0.2) is 109 Å². The predicted octanol–water partition coefficient (Wildman–Crippen LogP) is 6.34. The second-order valence-corrected chi connectivity index (χ2v) is 14.1. The van der Waals surface area contributed by atoms with Gasteiger partial charge in [-0.3, -0.25) is 0 Å². The fraction of sp³-hybridized carbons (Fsp3) is 0.222. The quantitative estimate of drug-likeness (QED) is 0.0547. The molecule has 0 radical (unpaired) electrons. The molecule has 0 bridgehead atoms.